The van der Waals surface area contributed by atoms with Crippen LogP contribution in [0, 0.1) is 0 Å². The van der Waals surface area contributed by atoms with E-state index in [4.69, 9.17) is 14.6 Å². The van der Waals surface area contributed by atoms with Gasteiger partial charge in [0.15, 0.2) is 12.5 Å². The lowest BCUT2D eigenvalue weighted by Gasteiger charge is -2.39. The van der Waals surface area contributed by atoms with Crippen LogP contribution in [0.15, 0.2) is 21.9 Å². The average Bonchev–Trinajstić information content (AvgIpc) is 3.06. The summed E-state index contributed by atoms with van der Waals surface area (Å²) in [6.07, 6.45) is -15.4. The Kier molecular flexibility index (Phi) is 9.05. The number of aliphatic hydroxyl groups excluding tert-OH is 6. The summed E-state index contributed by atoms with van der Waals surface area (Å²) in [6, 6.07) is 0.928. The van der Waals surface area contributed by atoms with Gasteiger partial charge < -0.3 is 49.9 Å². The number of nitrogens with zero attached hydrogens (tertiary/aromatic N) is 1. The Morgan fingerprint density at radius 1 is 0.917 bits per heavy atom. The maximum Gasteiger partial charge on any atom is 0.483 e. The Bertz CT molecular complexity index is 1120. The summed E-state index contributed by atoms with van der Waals surface area (Å²) in [5.41, 5.74) is -1.75. The third-order valence-corrected chi connectivity index (χ3v) is 7.76. The highest BCUT2D eigenvalue weighted by atomic mass is 31.3. The van der Waals surface area contributed by atoms with Crippen LogP contribution in [-0.2, 0) is 32.0 Å². The number of phosphoric ester groups is 2. The van der Waals surface area contributed by atoms with Gasteiger partial charge in [0.25, 0.3) is 5.56 Å². The standard InChI is InChI=1S/C15H24N2O17P2/c18-3-5-8(20)10(22)12(24)14(32-5)33-36(28,29)34-35(26,27)30-4-6-9(21)11(23)13(31-6)17-2-1-7(19)16-15(17)25/h1-2,5-6,8-14,18,20-24H,3-4H2,(H,26,27)(H,28,29)(H,16,19,25)/t5-,6-,8+,9+,10+,11+,12-,13-,14+/m1/s1. The quantitative estimate of drug-likeness (QED) is 0.127. The van der Waals surface area contributed by atoms with Gasteiger partial charge in [0.05, 0.1) is 13.2 Å². The Morgan fingerprint density at radius 2 is 1.56 bits per heavy atom. The van der Waals surface area contributed by atoms with Crippen molar-refractivity contribution in [2.45, 2.75) is 55.2 Å². The Hall–Kier alpha value is -1.38. The van der Waals surface area contributed by atoms with E-state index < -0.39 is 95.4 Å². The molecular weight excluding hydrogens is 542 g/mol. The van der Waals surface area contributed by atoms with Crippen LogP contribution in [0.5, 0.6) is 0 Å². The topological polar surface area (TPSA) is 297 Å². The van der Waals surface area contributed by atoms with Crippen LogP contribution in [0.4, 0.5) is 0 Å². The lowest BCUT2D eigenvalue weighted by Crippen LogP contribution is -2.58. The summed E-state index contributed by atoms with van der Waals surface area (Å²) in [5.74, 6) is 0. The van der Waals surface area contributed by atoms with Crippen molar-refractivity contribution in [1.29, 1.82) is 0 Å². The zero-order valence-corrected chi connectivity index (χ0v) is 19.6. The van der Waals surface area contributed by atoms with Gasteiger partial charge >= 0.3 is 21.3 Å². The van der Waals surface area contributed by atoms with Crippen LogP contribution in [0.1, 0.15) is 6.23 Å². The molecule has 21 heteroatoms. The normalized spacial score (nSPS) is 38.4. The largest absolute Gasteiger partial charge is 0.483 e. The molecule has 1 aromatic rings. The summed E-state index contributed by atoms with van der Waals surface area (Å²) < 4.78 is 48.1. The number of phosphoric acid groups is 2. The molecule has 206 valence electrons. The number of H-pyrrole nitrogens is 1. The number of rotatable bonds is 9. The molecule has 2 aliphatic heterocycles. The molecule has 3 heterocycles. The molecule has 0 aliphatic carbocycles. The van der Waals surface area contributed by atoms with E-state index in [9.17, 15) is 54.0 Å². The van der Waals surface area contributed by atoms with E-state index in [1.54, 1.807) is 0 Å². The predicted molar refractivity (Wildman–Crippen MR) is 109 cm³/mol. The van der Waals surface area contributed by atoms with E-state index in [-0.39, 0.29) is 0 Å². The molecule has 0 amide bonds. The van der Waals surface area contributed by atoms with Gasteiger partial charge in [-0.3, -0.25) is 23.4 Å². The van der Waals surface area contributed by atoms with Gasteiger partial charge in [-0.1, -0.05) is 0 Å². The molecule has 3 rings (SSSR count). The average molecular weight is 566 g/mol. The SMILES string of the molecule is O=c1ccn([C@@H]2O[C@H](COP(=O)(O)OP(=O)(O)O[C@@H]3O[C@H](CO)[C@H](O)[C@H](O)[C@H]3O)[C@H](O)[C@@H]2O)c(=O)[nH]1. The second-order valence-corrected chi connectivity index (χ2v) is 10.7. The molecule has 11 atom stereocenters. The molecule has 19 nitrogen and oxygen atoms in total. The fourth-order valence-corrected chi connectivity index (χ4v) is 5.51. The number of nitrogens with one attached hydrogen (secondary N) is 1. The van der Waals surface area contributed by atoms with E-state index in [0.717, 1.165) is 16.8 Å². The van der Waals surface area contributed by atoms with Gasteiger partial charge in [-0.25, -0.2) is 13.9 Å². The maximum atomic E-state index is 12.2. The van der Waals surface area contributed by atoms with Gasteiger partial charge in [0.2, 0.25) is 0 Å². The third kappa shape index (κ3) is 6.54. The Balaban J connectivity index is 1.61. The highest BCUT2D eigenvalue weighted by molar-refractivity contribution is 7.61. The first-order valence-electron chi connectivity index (χ1n) is 9.99. The first-order valence-corrected chi connectivity index (χ1v) is 13.0. The first-order chi connectivity index (χ1) is 16.7. The van der Waals surface area contributed by atoms with Crippen molar-refractivity contribution >= 4 is 15.6 Å². The molecular formula is C15H24N2O17P2. The summed E-state index contributed by atoms with van der Waals surface area (Å²) >= 11 is 0. The Labute approximate surface area is 199 Å². The van der Waals surface area contributed by atoms with Crippen molar-refractivity contribution in [3.8, 4) is 0 Å². The molecule has 36 heavy (non-hydrogen) atoms. The number of hydrogen-bond donors (Lipinski definition) is 9. The van der Waals surface area contributed by atoms with Crippen molar-refractivity contribution in [3.63, 3.8) is 0 Å². The van der Waals surface area contributed by atoms with E-state index in [1.165, 1.54) is 0 Å². The van der Waals surface area contributed by atoms with Crippen molar-refractivity contribution in [1.82, 2.24) is 9.55 Å². The van der Waals surface area contributed by atoms with Crippen LogP contribution >= 0.6 is 15.6 Å². The minimum atomic E-state index is -5.59. The Morgan fingerprint density at radius 3 is 2.17 bits per heavy atom. The van der Waals surface area contributed by atoms with Crippen LogP contribution in [0.3, 0.4) is 0 Å². The van der Waals surface area contributed by atoms with Crippen molar-refractivity contribution in [3.05, 3.63) is 33.1 Å². The molecule has 0 spiro atoms. The number of hydrogen-bond acceptors (Lipinski definition) is 15. The third-order valence-electron chi connectivity index (χ3n) is 5.16. The zero-order valence-electron chi connectivity index (χ0n) is 17.9. The predicted octanol–water partition coefficient (Wildman–Crippen LogP) is -4.79. The molecule has 2 aliphatic rings. The van der Waals surface area contributed by atoms with Gasteiger partial charge in [-0.15, -0.1) is 0 Å². The van der Waals surface area contributed by atoms with E-state index >= 15 is 0 Å². The van der Waals surface area contributed by atoms with E-state index in [0.29, 0.717) is 0 Å². The van der Waals surface area contributed by atoms with Gasteiger partial charge in [-0.2, -0.15) is 4.31 Å². The molecule has 2 unspecified atom stereocenters. The minimum Gasteiger partial charge on any atom is -0.394 e. The van der Waals surface area contributed by atoms with Gasteiger partial charge in [0.1, 0.15) is 42.7 Å². The summed E-state index contributed by atoms with van der Waals surface area (Å²) in [6.45, 7) is -1.93. The molecule has 0 radical (unpaired) electrons. The van der Waals surface area contributed by atoms with Crippen LogP contribution in [0.2, 0.25) is 0 Å². The lowest BCUT2D eigenvalue weighted by molar-refractivity contribution is -0.280. The zero-order chi connectivity index (χ0) is 27.0. The second kappa shape index (κ2) is 11.2. The molecule has 0 bridgehead atoms. The second-order valence-electron chi connectivity index (χ2n) is 7.68. The summed E-state index contributed by atoms with van der Waals surface area (Å²) in [5, 5.41) is 58.6. The van der Waals surface area contributed by atoms with Crippen molar-refractivity contribution < 1.29 is 72.4 Å². The first kappa shape index (κ1) is 29.2. The van der Waals surface area contributed by atoms with E-state index in [1.807, 2.05) is 4.98 Å². The molecule has 2 saturated heterocycles. The fourth-order valence-electron chi connectivity index (χ4n) is 3.35. The van der Waals surface area contributed by atoms with Gasteiger partial charge in [0, 0.05) is 12.3 Å². The summed E-state index contributed by atoms with van der Waals surface area (Å²) in [7, 11) is -11.1. The van der Waals surface area contributed by atoms with Crippen LogP contribution < -0.4 is 11.2 Å². The van der Waals surface area contributed by atoms with Crippen LogP contribution in [-0.4, -0.2) is 112 Å². The lowest BCUT2D eigenvalue weighted by atomic mass is 10.00. The molecule has 1 aromatic heterocycles. The van der Waals surface area contributed by atoms with E-state index in [2.05, 4.69) is 13.4 Å². The van der Waals surface area contributed by atoms with Crippen LogP contribution in [0.25, 0.3) is 0 Å². The highest BCUT2D eigenvalue weighted by Gasteiger charge is 2.49. The fraction of sp³-hybridized carbons (Fsp3) is 0.733. The minimum absolute atomic E-state index is 0.723. The molecule has 0 saturated carbocycles. The van der Waals surface area contributed by atoms with Crippen molar-refractivity contribution in [2.75, 3.05) is 13.2 Å². The number of aromatic amines is 1. The smallest absolute Gasteiger partial charge is 0.394 e. The molecule has 9 N–H and O–H groups in total. The number of aromatic nitrogens is 2. The molecule has 2 fully saturated rings. The highest BCUT2D eigenvalue weighted by Crippen LogP contribution is 2.61. The number of ether oxygens (including phenoxy) is 2. The number of aliphatic hydroxyl groups is 6. The maximum absolute atomic E-state index is 12.2. The van der Waals surface area contributed by atoms with Crippen molar-refractivity contribution in [2.24, 2.45) is 0 Å². The summed E-state index contributed by atoms with van der Waals surface area (Å²) in [4.78, 5) is 44.5. The monoisotopic (exact) mass is 566 g/mol. The van der Waals surface area contributed by atoms with Gasteiger partial charge in [-0.05, 0) is 0 Å². The molecule has 0 aromatic carbocycles.